The molecular formula is C13H18N4OS. The summed E-state index contributed by atoms with van der Waals surface area (Å²) in [5.41, 5.74) is 0. The van der Waals surface area contributed by atoms with E-state index in [-0.39, 0.29) is 0 Å². The van der Waals surface area contributed by atoms with E-state index < -0.39 is 0 Å². The van der Waals surface area contributed by atoms with E-state index in [1.807, 2.05) is 6.92 Å². The van der Waals surface area contributed by atoms with Gasteiger partial charge >= 0.3 is 0 Å². The Morgan fingerprint density at radius 3 is 3.00 bits per heavy atom. The van der Waals surface area contributed by atoms with Crippen LogP contribution in [0.2, 0.25) is 0 Å². The zero-order valence-corrected chi connectivity index (χ0v) is 11.8. The first-order chi connectivity index (χ1) is 9.36. The summed E-state index contributed by atoms with van der Waals surface area (Å²) in [5, 5.41) is 9.90. The summed E-state index contributed by atoms with van der Waals surface area (Å²) in [4.78, 5) is 10.1. The number of nitrogens with zero attached hydrogens (tertiary/aromatic N) is 2. The topological polar surface area (TPSA) is 59.1 Å². The molecule has 102 valence electrons. The maximum Gasteiger partial charge on any atom is 0.226 e. The van der Waals surface area contributed by atoms with Gasteiger partial charge in [0.1, 0.15) is 10.6 Å². The smallest absolute Gasteiger partial charge is 0.226 e. The van der Waals surface area contributed by atoms with Crippen LogP contribution in [0.25, 0.3) is 10.2 Å². The third-order valence-corrected chi connectivity index (χ3v) is 4.03. The quantitative estimate of drug-likeness (QED) is 0.900. The van der Waals surface area contributed by atoms with Crippen LogP contribution in [0.5, 0.6) is 0 Å². The summed E-state index contributed by atoms with van der Waals surface area (Å²) in [6.07, 6.45) is 2.07. The molecule has 0 saturated carbocycles. The Balaban J connectivity index is 1.88. The van der Waals surface area contributed by atoms with Crippen LogP contribution in [0.3, 0.4) is 0 Å². The molecule has 1 aliphatic rings. The van der Waals surface area contributed by atoms with Gasteiger partial charge in [0.2, 0.25) is 5.95 Å². The SMILES string of the molecule is CCNc1nc(NC2CCOCC2)c2ccsc2n1. The number of anilines is 2. The zero-order chi connectivity index (χ0) is 13.1. The molecule has 3 rings (SSSR count). The number of hydrogen-bond donors (Lipinski definition) is 2. The lowest BCUT2D eigenvalue weighted by atomic mass is 10.1. The van der Waals surface area contributed by atoms with E-state index in [9.17, 15) is 0 Å². The third kappa shape index (κ3) is 2.79. The monoisotopic (exact) mass is 278 g/mol. The highest BCUT2D eigenvalue weighted by Gasteiger charge is 2.16. The minimum Gasteiger partial charge on any atom is -0.381 e. The fourth-order valence-electron chi connectivity index (χ4n) is 2.24. The molecular weight excluding hydrogens is 260 g/mol. The highest BCUT2D eigenvalue weighted by Crippen LogP contribution is 2.27. The van der Waals surface area contributed by atoms with Gasteiger partial charge in [0.05, 0.1) is 5.39 Å². The van der Waals surface area contributed by atoms with Gasteiger partial charge in [-0.25, -0.2) is 4.98 Å². The maximum absolute atomic E-state index is 5.39. The van der Waals surface area contributed by atoms with E-state index in [1.165, 1.54) is 0 Å². The number of ether oxygens (including phenoxy) is 1. The standard InChI is InChI=1S/C13H18N4OS/c1-2-14-13-16-11(10-5-8-19-12(10)17-13)15-9-3-6-18-7-4-9/h5,8-9H,2-4,6-7H2,1H3,(H2,14,15,16,17). The van der Waals surface area contributed by atoms with Crippen LogP contribution in [0, 0.1) is 0 Å². The molecule has 1 fully saturated rings. The van der Waals surface area contributed by atoms with Gasteiger partial charge in [-0.15, -0.1) is 11.3 Å². The van der Waals surface area contributed by atoms with Gasteiger partial charge in [0.15, 0.2) is 0 Å². The van der Waals surface area contributed by atoms with Crippen molar-refractivity contribution in [1.29, 1.82) is 0 Å². The number of nitrogens with one attached hydrogen (secondary N) is 2. The minimum absolute atomic E-state index is 0.446. The second kappa shape index (κ2) is 5.71. The molecule has 0 radical (unpaired) electrons. The lowest BCUT2D eigenvalue weighted by molar-refractivity contribution is 0.0904. The van der Waals surface area contributed by atoms with Gasteiger partial charge < -0.3 is 15.4 Å². The number of rotatable bonds is 4. The fraction of sp³-hybridized carbons (Fsp3) is 0.538. The van der Waals surface area contributed by atoms with Gasteiger partial charge in [-0.3, -0.25) is 0 Å². The average molecular weight is 278 g/mol. The molecule has 3 heterocycles. The molecule has 1 aliphatic heterocycles. The van der Waals surface area contributed by atoms with E-state index in [0.29, 0.717) is 12.0 Å². The van der Waals surface area contributed by atoms with E-state index in [4.69, 9.17) is 4.74 Å². The molecule has 2 N–H and O–H groups in total. The number of fused-ring (bicyclic) bond motifs is 1. The molecule has 0 bridgehead atoms. The second-order valence-electron chi connectivity index (χ2n) is 4.60. The summed E-state index contributed by atoms with van der Waals surface area (Å²) in [6.45, 7) is 4.53. The molecule has 2 aromatic rings. The van der Waals surface area contributed by atoms with Crippen LogP contribution in [0.4, 0.5) is 11.8 Å². The van der Waals surface area contributed by atoms with E-state index in [1.54, 1.807) is 11.3 Å². The summed E-state index contributed by atoms with van der Waals surface area (Å²) in [6, 6.07) is 2.53. The van der Waals surface area contributed by atoms with E-state index in [2.05, 4.69) is 32.0 Å². The molecule has 0 amide bonds. The zero-order valence-electron chi connectivity index (χ0n) is 11.0. The maximum atomic E-state index is 5.39. The molecule has 1 saturated heterocycles. The lowest BCUT2D eigenvalue weighted by Crippen LogP contribution is -2.28. The molecule has 0 atom stereocenters. The predicted molar refractivity (Wildman–Crippen MR) is 79.0 cm³/mol. The van der Waals surface area contributed by atoms with Crippen LogP contribution >= 0.6 is 11.3 Å². The van der Waals surface area contributed by atoms with Crippen molar-refractivity contribution in [2.24, 2.45) is 0 Å². The van der Waals surface area contributed by atoms with Crippen molar-refractivity contribution in [3.63, 3.8) is 0 Å². The molecule has 5 nitrogen and oxygen atoms in total. The van der Waals surface area contributed by atoms with Gasteiger partial charge in [0, 0.05) is 25.8 Å². The molecule has 0 spiro atoms. The first kappa shape index (κ1) is 12.6. The van der Waals surface area contributed by atoms with Crippen LogP contribution in [-0.2, 0) is 4.74 Å². The number of aromatic nitrogens is 2. The Labute approximate surface area is 116 Å². The minimum atomic E-state index is 0.446. The van der Waals surface area contributed by atoms with Gasteiger partial charge in [-0.2, -0.15) is 4.98 Å². The second-order valence-corrected chi connectivity index (χ2v) is 5.49. The number of thiophene rings is 1. The first-order valence-electron chi connectivity index (χ1n) is 6.70. The van der Waals surface area contributed by atoms with Crippen molar-refractivity contribution in [2.75, 3.05) is 30.4 Å². The van der Waals surface area contributed by atoms with Gasteiger partial charge in [-0.1, -0.05) is 0 Å². The van der Waals surface area contributed by atoms with Crippen molar-refractivity contribution in [1.82, 2.24) is 9.97 Å². The summed E-state index contributed by atoms with van der Waals surface area (Å²) in [7, 11) is 0. The fourth-order valence-corrected chi connectivity index (χ4v) is 3.00. The van der Waals surface area contributed by atoms with Crippen LogP contribution < -0.4 is 10.6 Å². The molecule has 2 aromatic heterocycles. The summed E-state index contributed by atoms with van der Waals surface area (Å²) in [5.74, 6) is 1.64. The Kier molecular flexibility index (Phi) is 3.79. The molecule has 0 unspecified atom stereocenters. The Morgan fingerprint density at radius 2 is 2.21 bits per heavy atom. The van der Waals surface area contributed by atoms with Gasteiger partial charge in [0.25, 0.3) is 0 Å². The highest BCUT2D eigenvalue weighted by molar-refractivity contribution is 7.16. The summed E-state index contributed by atoms with van der Waals surface area (Å²) < 4.78 is 5.39. The molecule has 6 heteroatoms. The van der Waals surface area contributed by atoms with Crippen molar-refractivity contribution in [3.05, 3.63) is 11.4 Å². The van der Waals surface area contributed by atoms with Gasteiger partial charge in [-0.05, 0) is 31.2 Å². The Bertz CT molecular complexity index is 551. The highest BCUT2D eigenvalue weighted by atomic mass is 32.1. The Hall–Kier alpha value is -1.40. The Morgan fingerprint density at radius 1 is 1.37 bits per heavy atom. The van der Waals surface area contributed by atoms with Crippen LogP contribution in [0.15, 0.2) is 11.4 Å². The van der Waals surface area contributed by atoms with Crippen LogP contribution in [-0.4, -0.2) is 35.8 Å². The normalized spacial score (nSPS) is 16.7. The van der Waals surface area contributed by atoms with Crippen molar-refractivity contribution in [2.45, 2.75) is 25.8 Å². The third-order valence-electron chi connectivity index (χ3n) is 3.22. The predicted octanol–water partition coefficient (Wildman–Crippen LogP) is 2.71. The molecule has 0 aliphatic carbocycles. The lowest BCUT2D eigenvalue weighted by Gasteiger charge is -2.24. The first-order valence-corrected chi connectivity index (χ1v) is 7.58. The van der Waals surface area contributed by atoms with Crippen molar-refractivity contribution < 1.29 is 4.74 Å². The van der Waals surface area contributed by atoms with Crippen LogP contribution in [0.1, 0.15) is 19.8 Å². The molecule has 19 heavy (non-hydrogen) atoms. The number of hydrogen-bond acceptors (Lipinski definition) is 6. The van der Waals surface area contributed by atoms with E-state index >= 15 is 0 Å². The van der Waals surface area contributed by atoms with E-state index in [0.717, 1.165) is 48.6 Å². The molecule has 0 aromatic carbocycles. The average Bonchev–Trinajstić information content (AvgIpc) is 2.89. The summed E-state index contributed by atoms with van der Waals surface area (Å²) >= 11 is 1.65. The largest absolute Gasteiger partial charge is 0.381 e. The van der Waals surface area contributed by atoms with Crippen molar-refractivity contribution in [3.8, 4) is 0 Å². The van der Waals surface area contributed by atoms with Crippen molar-refractivity contribution >= 4 is 33.3 Å².